The summed E-state index contributed by atoms with van der Waals surface area (Å²) in [5.41, 5.74) is -1.00. The van der Waals surface area contributed by atoms with E-state index in [1.54, 1.807) is 0 Å². The first-order valence-corrected chi connectivity index (χ1v) is 5.88. The normalized spacial score (nSPS) is 11.6. The van der Waals surface area contributed by atoms with Gasteiger partial charge in [0.05, 0.1) is 5.56 Å². The molecule has 0 aliphatic carbocycles. The first kappa shape index (κ1) is 13.9. The maximum absolute atomic E-state index is 12.9. The van der Waals surface area contributed by atoms with Crippen LogP contribution in [0.2, 0.25) is 0 Å². The number of carbonyl (C=O) groups is 1. The van der Waals surface area contributed by atoms with E-state index < -0.39 is 17.7 Å². The molecular weight excluding hydrogens is 376 g/mol. The van der Waals surface area contributed by atoms with Crippen LogP contribution in [0.15, 0.2) is 30.3 Å². The second kappa shape index (κ2) is 4.87. The van der Waals surface area contributed by atoms with Crippen LogP contribution in [0, 0.1) is 0 Å². The molecule has 0 amide bonds. The molecule has 3 nitrogen and oxygen atoms in total. The molecule has 0 saturated carbocycles. The Hall–Kier alpha value is -1.51. The Morgan fingerprint density at radius 2 is 1.95 bits per heavy atom. The lowest BCUT2D eigenvalue weighted by atomic mass is 10.0. The average Bonchev–Trinajstić information content (AvgIpc) is 2.35. The van der Waals surface area contributed by atoms with Gasteiger partial charge < -0.3 is 8.17 Å². The van der Waals surface area contributed by atoms with Gasteiger partial charge in [-0.2, -0.15) is 13.2 Å². The van der Waals surface area contributed by atoms with Gasteiger partial charge in [0, 0.05) is 0 Å². The molecule has 0 fully saturated rings. The fourth-order valence-electron chi connectivity index (χ4n) is 1.78. The van der Waals surface area contributed by atoms with E-state index in [4.69, 9.17) is 8.17 Å². The zero-order valence-electron chi connectivity index (χ0n) is 9.16. The van der Waals surface area contributed by atoms with Crippen molar-refractivity contribution in [1.29, 1.82) is 0 Å². The molecule has 0 radical (unpaired) electrons. The van der Waals surface area contributed by atoms with Crippen molar-refractivity contribution in [2.45, 2.75) is 6.18 Å². The minimum Gasteiger partial charge on any atom is -0.478 e. The Bertz CT molecular complexity index is 652. The van der Waals surface area contributed by atoms with Crippen LogP contribution in [-0.2, 0) is 6.18 Å². The number of benzene rings is 2. The molecule has 2 aromatic rings. The Morgan fingerprint density at radius 1 is 1.26 bits per heavy atom. The van der Waals surface area contributed by atoms with Gasteiger partial charge in [-0.15, -0.1) is 0 Å². The number of halogens is 4. The van der Waals surface area contributed by atoms with Crippen LogP contribution in [0.25, 0.3) is 10.8 Å². The summed E-state index contributed by atoms with van der Waals surface area (Å²) in [4.78, 5) is 11.0. The van der Waals surface area contributed by atoms with E-state index in [0.29, 0.717) is 0 Å². The fraction of sp³-hybridized carbons (Fsp3) is 0.0833. The van der Waals surface area contributed by atoms with Crippen LogP contribution in [0.4, 0.5) is 13.2 Å². The SMILES string of the molecule is O=C(O)c1cc2cccc(C(F)(F)F)c2cc1OI. The largest absolute Gasteiger partial charge is 0.478 e. The Balaban J connectivity index is 2.82. The van der Waals surface area contributed by atoms with Crippen LogP contribution in [-0.4, -0.2) is 11.1 Å². The highest BCUT2D eigenvalue weighted by Crippen LogP contribution is 2.37. The summed E-state index contributed by atoms with van der Waals surface area (Å²) in [5.74, 6) is -1.37. The monoisotopic (exact) mass is 382 g/mol. The smallest absolute Gasteiger partial charge is 0.417 e. The minimum absolute atomic E-state index is 0.0910. The van der Waals surface area contributed by atoms with Gasteiger partial charge in [0.1, 0.15) is 11.3 Å². The molecule has 7 heteroatoms. The minimum atomic E-state index is -4.51. The van der Waals surface area contributed by atoms with Gasteiger partial charge in [0.15, 0.2) is 23.0 Å². The van der Waals surface area contributed by atoms with E-state index in [2.05, 4.69) is 0 Å². The van der Waals surface area contributed by atoms with Crippen LogP contribution in [0.5, 0.6) is 5.75 Å². The van der Waals surface area contributed by atoms with Crippen molar-refractivity contribution in [3.63, 3.8) is 0 Å². The van der Waals surface area contributed by atoms with E-state index in [1.807, 2.05) is 0 Å². The third kappa shape index (κ3) is 2.60. The number of fused-ring (bicyclic) bond motifs is 1. The summed E-state index contributed by atoms with van der Waals surface area (Å²) in [6.45, 7) is 0. The molecule has 0 aliphatic heterocycles. The van der Waals surface area contributed by atoms with Crippen molar-refractivity contribution in [2.24, 2.45) is 0 Å². The molecule has 0 spiro atoms. The molecule has 0 bridgehead atoms. The van der Waals surface area contributed by atoms with Crippen molar-refractivity contribution in [1.82, 2.24) is 0 Å². The predicted molar refractivity (Wildman–Crippen MR) is 70.6 cm³/mol. The molecule has 0 aromatic heterocycles. The zero-order valence-corrected chi connectivity index (χ0v) is 11.3. The maximum Gasteiger partial charge on any atom is 0.417 e. The molecule has 19 heavy (non-hydrogen) atoms. The molecule has 100 valence electrons. The van der Waals surface area contributed by atoms with Crippen molar-refractivity contribution in [3.8, 4) is 5.75 Å². The molecule has 0 atom stereocenters. The van der Waals surface area contributed by atoms with Crippen molar-refractivity contribution in [3.05, 3.63) is 41.5 Å². The van der Waals surface area contributed by atoms with Crippen LogP contribution in [0.3, 0.4) is 0 Å². The third-order valence-corrected chi connectivity index (χ3v) is 3.07. The number of hydrogen-bond acceptors (Lipinski definition) is 2. The summed E-state index contributed by atoms with van der Waals surface area (Å²) in [7, 11) is 0. The first-order valence-electron chi connectivity index (χ1n) is 5.00. The molecule has 0 aliphatic rings. The highest BCUT2D eigenvalue weighted by molar-refractivity contribution is 14.1. The van der Waals surface area contributed by atoms with Gasteiger partial charge in [-0.25, -0.2) is 4.79 Å². The third-order valence-electron chi connectivity index (χ3n) is 2.60. The van der Waals surface area contributed by atoms with Crippen LogP contribution < -0.4 is 3.07 Å². The van der Waals surface area contributed by atoms with Gasteiger partial charge >= 0.3 is 12.1 Å². The predicted octanol–water partition coefficient (Wildman–Crippen LogP) is 4.29. The average molecular weight is 382 g/mol. The maximum atomic E-state index is 12.9. The number of alkyl halides is 3. The number of carboxylic acids is 1. The van der Waals surface area contributed by atoms with Gasteiger partial charge in [-0.3, -0.25) is 0 Å². The highest BCUT2D eigenvalue weighted by Gasteiger charge is 2.32. The number of carboxylic acid groups (broad SMARTS) is 1. The van der Waals surface area contributed by atoms with E-state index in [0.717, 1.165) is 12.1 Å². The van der Waals surface area contributed by atoms with E-state index >= 15 is 0 Å². The van der Waals surface area contributed by atoms with Gasteiger partial charge in [-0.1, -0.05) is 12.1 Å². The first-order chi connectivity index (χ1) is 8.84. The zero-order chi connectivity index (χ0) is 14.2. The topological polar surface area (TPSA) is 46.5 Å². The molecule has 0 saturated heterocycles. The number of rotatable bonds is 2. The lowest BCUT2D eigenvalue weighted by molar-refractivity contribution is -0.136. The van der Waals surface area contributed by atoms with Gasteiger partial charge in [-0.05, 0) is 29.0 Å². The number of hydrogen-bond donors (Lipinski definition) is 1. The fourth-order valence-corrected chi connectivity index (χ4v) is 2.15. The van der Waals surface area contributed by atoms with Crippen LogP contribution >= 0.6 is 23.0 Å². The molecule has 0 heterocycles. The standard InChI is InChI=1S/C12H6F3IO3/c13-12(14,15)9-3-1-2-6-4-8(11(17)18)10(19-16)5-7(6)9/h1-5H,(H,17,18). The van der Waals surface area contributed by atoms with Crippen molar-refractivity contribution >= 4 is 39.7 Å². The molecule has 0 unspecified atom stereocenters. The summed E-state index contributed by atoms with van der Waals surface area (Å²) >= 11 is 1.43. The van der Waals surface area contributed by atoms with Crippen molar-refractivity contribution in [2.75, 3.05) is 0 Å². The van der Waals surface area contributed by atoms with Crippen LogP contribution in [0.1, 0.15) is 15.9 Å². The lowest BCUT2D eigenvalue weighted by Gasteiger charge is -2.12. The molecule has 1 N–H and O–H groups in total. The Morgan fingerprint density at radius 3 is 2.47 bits per heavy atom. The van der Waals surface area contributed by atoms with E-state index in [1.165, 1.54) is 41.2 Å². The highest BCUT2D eigenvalue weighted by atomic mass is 127. The van der Waals surface area contributed by atoms with E-state index in [9.17, 15) is 18.0 Å². The Kier molecular flexibility index (Phi) is 3.57. The number of aromatic carboxylic acids is 1. The summed E-state index contributed by atoms with van der Waals surface area (Å²) in [6.07, 6.45) is -4.51. The lowest BCUT2D eigenvalue weighted by Crippen LogP contribution is -2.06. The summed E-state index contributed by atoms with van der Waals surface area (Å²) in [5, 5.41) is 9.09. The summed E-state index contributed by atoms with van der Waals surface area (Å²) in [6, 6.07) is 5.87. The van der Waals surface area contributed by atoms with Crippen molar-refractivity contribution < 1.29 is 26.1 Å². The van der Waals surface area contributed by atoms with Gasteiger partial charge in [0.25, 0.3) is 0 Å². The second-order valence-electron chi connectivity index (χ2n) is 3.76. The Labute approximate surface area is 119 Å². The molecule has 2 rings (SSSR count). The van der Waals surface area contributed by atoms with Gasteiger partial charge in [0.2, 0.25) is 0 Å². The second-order valence-corrected chi connectivity index (χ2v) is 4.20. The quantitative estimate of drug-likeness (QED) is 0.789. The molecular formula is C12H6F3IO3. The molecule has 2 aromatic carbocycles. The summed E-state index contributed by atoms with van der Waals surface area (Å²) < 4.78 is 43.4. The van der Waals surface area contributed by atoms with E-state index in [-0.39, 0.29) is 22.1 Å².